The smallest absolute Gasteiger partial charge is 0.0712 e. The molecule has 1 rings (SSSR count). The second kappa shape index (κ2) is 4.41. The van der Waals surface area contributed by atoms with Gasteiger partial charge < -0.3 is 5.73 Å². The van der Waals surface area contributed by atoms with Gasteiger partial charge in [0.25, 0.3) is 0 Å². The first-order valence-electron chi connectivity index (χ1n) is 4.76. The van der Waals surface area contributed by atoms with E-state index in [2.05, 4.69) is 41.7 Å². The number of nitrogens with zero attached hydrogens (tertiary/aromatic N) is 1. The SMILES string of the molecule is CC(C)(C)C[C@H](N)c1ncccc1Br. The molecule has 3 heteroatoms. The van der Waals surface area contributed by atoms with Crippen LogP contribution in [-0.4, -0.2) is 4.98 Å². The Labute approximate surface area is 94.0 Å². The number of pyridine rings is 1. The Bertz CT molecular complexity index is 304. The van der Waals surface area contributed by atoms with Gasteiger partial charge in [-0.15, -0.1) is 0 Å². The van der Waals surface area contributed by atoms with E-state index in [1.54, 1.807) is 6.20 Å². The van der Waals surface area contributed by atoms with Gasteiger partial charge in [0, 0.05) is 16.7 Å². The van der Waals surface area contributed by atoms with Gasteiger partial charge in [0.1, 0.15) is 0 Å². The molecule has 0 saturated carbocycles. The largest absolute Gasteiger partial charge is 0.323 e. The minimum atomic E-state index is 0.00516. The fourth-order valence-corrected chi connectivity index (χ4v) is 1.98. The summed E-state index contributed by atoms with van der Waals surface area (Å²) in [7, 11) is 0. The second-order valence-corrected chi connectivity index (χ2v) is 5.60. The van der Waals surface area contributed by atoms with Crippen LogP contribution in [0, 0.1) is 5.41 Å². The van der Waals surface area contributed by atoms with Crippen LogP contribution < -0.4 is 5.73 Å². The first kappa shape index (κ1) is 11.7. The van der Waals surface area contributed by atoms with Crippen LogP contribution in [0.5, 0.6) is 0 Å². The van der Waals surface area contributed by atoms with Crippen LogP contribution in [0.3, 0.4) is 0 Å². The Morgan fingerprint density at radius 2 is 2.14 bits per heavy atom. The van der Waals surface area contributed by atoms with Crippen molar-refractivity contribution in [2.45, 2.75) is 33.2 Å². The molecule has 1 aromatic rings. The van der Waals surface area contributed by atoms with E-state index in [0.717, 1.165) is 16.6 Å². The van der Waals surface area contributed by atoms with Crippen LogP contribution in [0.25, 0.3) is 0 Å². The summed E-state index contributed by atoms with van der Waals surface area (Å²) in [4.78, 5) is 4.29. The lowest BCUT2D eigenvalue weighted by atomic mass is 9.87. The molecule has 0 aromatic carbocycles. The van der Waals surface area contributed by atoms with Crippen molar-refractivity contribution in [1.82, 2.24) is 4.98 Å². The van der Waals surface area contributed by atoms with Crippen molar-refractivity contribution in [3.8, 4) is 0 Å². The molecule has 1 aromatic heterocycles. The fraction of sp³-hybridized carbons (Fsp3) is 0.545. The van der Waals surface area contributed by atoms with Crippen LogP contribution in [-0.2, 0) is 0 Å². The third-order valence-electron chi connectivity index (χ3n) is 1.97. The molecule has 0 amide bonds. The molecule has 0 saturated heterocycles. The second-order valence-electron chi connectivity index (χ2n) is 4.74. The number of nitrogens with two attached hydrogens (primary N) is 1. The highest BCUT2D eigenvalue weighted by Gasteiger charge is 2.19. The Kier molecular flexibility index (Phi) is 3.67. The van der Waals surface area contributed by atoms with Crippen molar-refractivity contribution < 1.29 is 0 Å². The van der Waals surface area contributed by atoms with E-state index in [9.17, 15) is 0 Å². The molecule has 0 radical (unpaired) electrons. The van der Waals surface area contributed by atoms with E-state index in [-0.39, 0.29) is 11.5 Å². The molecule has 0 aliphatic carbocycles. The molecule has 14 heavy (non-hydrogen) atoms. The topological polar surface area (TPSA) is 38.9 Å². The fourth-order valence-electron chi connectivity index (χ4n) is 1.43. The summed E-state index contributed by atoms with van der Waals surface area (Å²) in [5, 5.41) is 0. The van der Waals surface area contributed by atoms with Gasteiger partial charge >= 0.3 is 0 Å². The molecule has 2 N–H and O–H groups in total. The molecule has 0 bridgehead atoms. The summed E-state index contributed by atoms with van der Waals surface area (Å²) in [6, 6.07) is 3.88. The Balaban J connectivity index is 2.80. The quantitative estimate of drug-likeness (QED) is 0.883. The van der Waals surface area contributed by atoms with Crippen LogP contribution in [0.2, 0.25) is 0 Å². The molecule has 0 unspecified atom stereocenters. The van der Waals surface area contributed by atoms with Gasteiger partial charge in [-0.3, -0.25) is 4.98 Å². The summed E-state index contributed by atoms with van der Waals surface area (Å²) in [6.45, 7) is 6.55. The van der Waals surface area contributed by atoms with Gasteiger partial charge in [-0.2, -0.15) is 0 Å². The molecule has 0 fully saturated rings. The Hall–Kier alpha value is -0.410. The lowest BCUT2D eigenvalue weighted by Crippen LogP contribution is -2.20. The van der Waals surface area contributed by atoms with Crippen molar-refractivity contribution >= 4 is 15.9 Å². The van der Waals surface area contributed by atoms with Crippen molar-refractivity contribution in [2.75, 3.05) is 0 Å². The monoisotopic (exact) mass is 256 g/mol. The molecule has 2 nitrogen and oxygen atoms in total. The molecule has 0 aliphatic rings. The number of aromatic nitrogens is 1. The molecule has 78 valence electrons. The van der Waals surface area contributed by atoms with Gasteiger partial charge in [0.15, 0.2) is 0 Å². The van der Waals surface area contributed by atoms with E-state index < -0.39 is 0 Å². The van der Waals surface area contributed by atoms with Gasteiger partial charge in [0.2, 0.25) is 0 Å². The first-order valence-corrected chi connectivity index (χ1v) is 5.55. The number of rotatable bonds is 2. The van der Waals surface area contributed by atoms with Crippen molar-refractivity contribution in [2.24, 2.45) is 11.1 Å². The van der Waals surface area contributed by atoms with E-state index in [4.69, 9.17) is 5.73 Å². The van der Waals surface area contributed by atoms with Gasteiger partial charge in [-0.05, 0) is 39.9 Å². The lowest BCUT2D eigenvalue weighted by molar-refractivity contribution is 0.339. The highest BCUT2D eigenvalue weighted by Crippen LogP contribution is 2.29. The summed E-state index contributed by atoms with van der Waals surface area (Å²) in [5.74, 6) is 0. The maximum Gasteiger partial charge on any atom is 0.0712 e. The highest BCUT2D eigenvalue weighted by atomic mass is 79.9. The van der Waals surface area contributed by atoms with E-state index >= 15 is 0 Å². The van der Waals surface area contributed by atoms with Crippen molar-refractivity contribution in [3.63, 3.8) is 0 Å². The summed E-state index contributed by atoms with van der Waals surface area (Å²) in [6.07, 6.45) is 2.71. The average Bonchev–Trinajstić information content (AvgIpc) is 2.01. The maximum absolute atomic E-state index is 6.09. The molecule has 1 heterocycles. The summed E-state index contributed by atoms with van der Waals surface area (Å²) in [5.41, 5.74) is 7.27. The van der Waals surface area contributed by atoms with E-state index in [1.165, 1.54) is 0 Å². The number of hydrogen-bond donors (Lipinski definition) is 1. The van der Waals surface area contributed by atoms with Gasteiger partial charge in [-0.25, -0.2) is 0 Å². The molecule has 1 atom stereocenters. The zero-order chi connectivity index (χ0) is 10.8. The highest BCUT2D eigenvalue weighted by molar-refractivity contribution is 9.10. The predicted octanol–water partition coefficient (Wildman–Crippen LogP) is 3.28. The maximum atomic E-state index is 6.09. The number of hydrogen-bond acceptors (Lipinski definition) is 2. The third-order valence-corrected chi connectivity index (χ3v) is 2.64. The summed E-state index contributed by atoms with van der Waals surface area (Å²) < 4.78 is 0.997. The minimum absolute atomic E-state index is 0.00516. The van der Waals surface area contributed by atoms with Crippen molar-refractivity contribution in [1.29, 1.82) is 0 Å². The molecular formula is C11H17BrN2. The van der Waals surface area contributed by atoms with Gasteiger partial charge in [-0.1, -0.05) is 20.8 Å². The predicted molar refractivity (Wildman–Crippen MR) is 62.9 cm³/mol. The summed E-state index contributed by atoms with van der Waals surface area (Å²) >= 11 is 3.46. The number of halogens is 1. The lowest BCUT2D eigenvalue weighted by Gasteiger charge is -2.23. The first-order chi connectivity index (χ1) is 6.40. The minimum Gasteiger partial charge on any atom is -0.323 e. The van der Waals surface area contributed by atoms with Crippen LogP contribution in [0.1, 0.15) is 38.9 Å². The zero-order valence-electron chi connectivity index (χ0n) is 8.92. The molecule has 0 aliphatic heterocycles. The van der Waals surface area contributed by atoms with Crippen LogP contribution in [0.4, 0.5) is 0 Å². The van der Waals surface area contributed by atoms with E-state index in [1.807, 2.05) is 12.1 Å². The normalized spacial score (nSPS) is 14.1. The molecular weight excluding hydrogens is 240 g/mol. The van der Waals surface area contributed by atoms with Crippen molar-refractivity contribution in [3.05, 3.63) is 28.5 Å². The zero-order valence-corrected chi connectivity index (χ0v) is 10.5. The molecule has 0 spiro atoms. The Morgan fingerprint density at radius 3 is 2.64 bits per heavy atom. The van der Waals surface area contributed by atoms with Gasteiger partial charge in [0.05, 0.1) is 5.69 Å². The third kappa shape index (κ3) is 3.39. The average molecular weight is 257 g/mol. The Morgan fingerprint density at radius 1 is 1.50 bits per heavy atom. The van der Waals surface area contributed by atoms with Crippen LogP contribution >= 0.6 is 15.9 Å². The van der Waals surface area contributed by atoms with E-state index in [0.29, 0.717) is 0 Å². The van der Waals surface area contributed by atoms with Crippen LogP contribution in [0.15, 0.2) is 22.8 Å². The standard InChI is InChI=1S/C11H17BrN2/c1-11(2,3)7-9(13)10-8(12)5-4-6-14-10/h4-6,9H,7,13H2,1-3H3/t9-/m0/s1.